The molecule has 0 saturated carbocycles. The van der Waals surface area contributed by atoms with Gasteiger partial charge in [0.25, 0.3) is 0 Å². The number of nitrogens with one attached hydrogen (secondary N) is 3. The minimum atomic E-state index is -2.04. The second kappa shape index (κ2) is 21.3. The zero-order valence-corrected chi connectivity index (χ0v) is 39.9. The summed E-state index contributed by atoms with van der Waals surface area (Å²) < 4.78 is 16.7. The molecule has 5 rings (SSSR count). The number of benzene rings is 2. The number of carbonyl (C=O) groups is 4. The van der Waals surface area contributed by atoms with Crippen LogP contribution in [0.15, 0.2) is 58.9 Å². The maximum Gasteiger partial charge on any atom is 0.408 e. The molecule has 2 aromatic carbocycles. The van der Waals surface area contributed by atoms with Gasteiger partial charge in [0.2, 0.25) is 5.91 Å². The Morgan fingerprint density at radius 1 is 0.892 bits per heavy atom. The molecule has 1 saturated heterocycles. The van der Waals surface area contributed by atoms with Gasteiger partial charge >= 0.3 is 18.2 Å². The number of aliphatic carboxylic acids is 1. The van der Waals surface area contributed by atoms with Crippen molar-refractivity contribution >= 4 is 64.6 Å². The first-order valence-electron chi connectivity index (χ1n) is 20.9. The minimum Gasteiger partial charge on any atom is -0.488 e. The Labute approximate surface area is 392 Å². The van der Waals surface area contributed by atoms with Crippen molar-refractivity contribution < 1.29 is 38.5 Å². The number of aromatic nitrogens is 2. The van der Waals surface area contributed by atoms with Crippen LogP contribution < -0.4 is 25.6 Å². The number of halogens is 1. The third-order valence-electron chi connectivity index (χ3n) is 9.98. The molecule has 65 heavy (non-hydrogen) atoms. The van der Waals surface area contributed by atoms with Gasteiger partial charge in [-0.2, -0.15) is 10.5 Å². The predicted molar refractivity (Wildman–Crippen MR) is 249 cm³/mol. The molecule has 1 aliphatic heterocycles. The largest absolute Gasteiger partial charge is 0.488 e. The van der Waals surface area contributed by atoms with Crippen LogP contribution in [0.25, 0.3) is 21.7 Å². The molecule has 1 unspecified atom stereocenters. The summed E-state index contributed by atoms with van der Waals surface area (Å²) in [6.45, 7) is 14.1. The highest BCUT2D eigenvalue weighted by Crippen LogP contribution is 2.40. The molecule has 2 aromatic heterocycles. The van der Waals surface area contributed by atoms with Crippen LogP contribution in [0, 0.1) is 22.7 Å². The van der Waals surface area contributed by atoms with Gasteiger partial charge in [-0.05, 0) is 104 Å². The van der Waals surface area contributed by atoms with E-state index in [1.165, 1.54) is 36.9 Å². The van der Waals surface area contributed by atoms with Crippen LogP contribution in [-0.4, -0.2) is 87.7 Å². The van der Waals surface area contributed by atoms with E-state index in [2.05, 4.69) is 33.0 Å². The molecular weight excluding hydrogens is 892 g/mol. The first kappa shape index (κ1) is 49.9. The quantitative estimate of drug-likeness (QED) is 0.0771. The van der Waals surface area contributed by atoms with Gasteiger partial charge in [-0.15, -0.1) is 11.3 Å². The summed E-state index contributed by atoms with van der Waals surface area (Å²) >= 11 is 8.94. The Kier molecular flexibility index (Phi) is 16.3. The zero-order valence-electron chi connectivity index (χ0n) is 37.5. The van der Waals surface area contributed by atoms with Gasteiger partial charge in [-0.1, -0.05) is 47.6 Å². The van der Waals surface area contributed by atoms with Crippen LogP contribution in [0.4, 0.5) is 15.4 Å². The molecule has 3 amide bonds. The predicted octanol–water partition coefficient (Wildman–Crippen LogP) is 8.70. The first-order chi connectivity index (χ1) is 30.6. The van der Waals surface area contributed by atoms with Gasteiger partial charge in [0.05, 0.1) is 11.3 Å². The number of carboxylic acid groups (broad SMARTS) is 1. The van der Waals surface area contributed by atoms with Gasteiger partial charge in [-0.25, -0.2) is 24.4 Å². The SMILES string of the molecule is CC(Oc1ccc(-c2c(C#N)c(SCc3csc(-c4ccc(Cl)cc4)n3)nc(N3CCCC3)c2C#N)cc1)[C@@](C)(NC(=O)[C@H](CCNC(=O)OC(C)(C)C)NC(=O)OC(C)(C)C)C(=O)O. The molecule has 1 aliphatic rings. The number of anilines is 1. The highest BCUT2D eigenvalue weighted by molar-refractivity contribution is 7.98. The van der Waals surface area contributed by atoms with Gasteiger partial charge < -0.3 is 40.2 Å². The Hall–Kier alpha value is -6.08. The molecule has 16 nitrogen and oxygen atoms in total. The van der Waals surface area contributed by atoms with E-state index in [0.29, 0.717) is 45.8 Å². The lowest BCUT2D eigenvalue weighted by molar-refractivity contribution is -0.151. The second-order valence-corrected chi connectivity index (χ2v) is 19.7. The normalized spacial score (nSPS) is 14.5. The van der Waals surface area contributed by atoms with Crippen molar-refractivity contribution in [2.75, 3.05) is 24.5 Å². The number of amides is 3. The van der Waals surface area contributed by atoms with E-state index >= 15 is 0 Å². The zero-order chi connectivity index (χ0) is 47.7. The fourth-order valence-corrected chi connectivity index (χ4v) is 8.53. The number of hydrogen-bond acceptors (Lipinski definition) is 14. The average Bonchev–Trinajstić information content (AvgIpc) is 3.95. The van der Waals surface area contributed by atoms with E-state index < -0.39 is 52.9 Å². The number of nitrogens with zero attached hydrogens (tertiary/aromatic N) is 5. The summed E-state index contributed by atoms with van der Waals surface area (Å²) in [4.78, 5) is 63.5. The molecule has 344 valence electrons. The van der Waals surface area contributed by atoms with E-state index in [9.17, 15) is 34.8 Å². The number of pyridine rings is 1. The van der Waals surface area contributed by atoms with E-state index in [4.69, 9.17) is 35.8 Å². The fraction of sp³-hybridized carbons (Fsp3) is 0.435. The topological polar surface area (TPSA) is 229 Å². The third-order valence-corrected chi connectivity index (χ3v) is 12.2. The summed E-state index contributed by atoms with van der Waals surface area (Å²) in [5.74, 6) is -1.16. The molecule has 0 radical (unpaired) electrons. The maximum atomic E-state index is 13.8. The van der Waals surface area contributed by atoms with E-state index in [1.807, 2.05) is 29.6 Å². The highest BCUT2D eigenvalue weighted by Gasteiger charge is 2.44. The van der Waals surface area contributed by atoms with Gasteiger partial charge in [-0.3, -0.25) is 4.79 Å². The lowest BCUT2D eigenvalue weighted by Crippen LogP contribution is -2.64. The van der Waals surface area contributed by atoms with Crippen molar-refractivity contribution in [1.29, 1.82) is 10.5 Å². The molecule has 0 spiro atoms. The van der Waals surface area contributed by atoms with E-state index in [-0.39, 0.29) is 29.8 Å². The third kappa shape index (κ3) is 13.5. The summed E-state index contributed by atoms with van der Waals surface area (Å²) in [5, 5.41) is 43.1. The molecule has 3 heterocycles. The van der Waals surface area contributed by atoms with Gasteiger partial charge in [0, 0.05) is 46.9 Å². The summed E-state index contributed by atoms with van der Waals surface area (Å²) in [5.41, 5.74) is -0.569. The lowest BCUT2D eigenvalue weighted by atomic mass is 9.94. The van der Waals surface area contributed by atoms with Crippen LogP contribution in [0.5, 0.6) is 5.75 Å². The summed E-state index contributed by atoms with van der Waals surface area (Å²) in [7, 11) is 0. The number of carboxylic acids is 1. The molecule has 1 fully saturated rings. The maximum absolute atomic E-state index is 13.8. The summed E-state index contributed by atoms with van der Waals surface area (Å²) in [6.07, 6.45) is -1.14. The van der Waals surface area contributed by atoms with Crippen molar-refractivity contribution in [1.82, 2.24) is 25.9 Å². The molecule has 19 heteroatoms. The second-order valence-electron chi connectivity index (χ2n) is 17.4. The van der Waals surface area contributed by atoms with Crippen molar-refractivity contribution in [3.8, 4) is 39.6 Å². The monoisotopic (exact) mass is 944 g/mol. The van der Waals surface area contributed by atoms with E-state index in [1.54, 1.807) is 65.8 Å². The van der Waals surface area contributed by atoms with Crippen molar-refractivity contribution in [2.45, 2.75) is 114 Å². The number of hydrogen-bond donors (Lipinski definition) is 4. The standard InChI is InChI=1S/C46H53ClN8O8S2/c1-27(46(8,41(57)58)54-38(56)35(52-43(60)63-45(5,6)7)19-20-50-42(59)62-44(2,3)4)61-32-17-13-28(14-18-32)36-33(23-48)37(55-21-9-10-22-55)53-40(34(36)24-49)65-26-31-25-64-39(51-31)29-11-15-30(47)16-12-29/h11-18,25,27,35H,9-10,19-22,26H2,1-8H3,(H,50,59)(H,52,60)(H,54,56)(H,57,58)/t27?,35-,46+/m0/s1. The molecule has 3 atom stereocenters. The molecule has 0 aliphatic carbocycles. The number of thiazole rings is 1. The number of thioether (sulfide) groups is 1. The van der Waals surface area contributed by atoms with Crippen LogP contribution >= 0.6 is 34.7 Å². The first-order valence-corrected chi connectivity index (χ1v) is 23.1. The molecular formula is C46H53ClN8O8S2. The smallest absolute Gasteiger partial charge is 0.408 e. The van der Waals surface area contributed by atoms with Crippen LogP contribution in [0.3, 0.4) is 0 Å². The van der Waals surface area contributed by atoms with Crippen LogP contribution in [0.1, 0.15) is 91.5 Å². The number of rotatable bonds is 16. The summed E-state index contributed by atoms with van der Waals surface area (Å²) in [6, 6.07) is 17.2. The minimum absolute atomic E-state index is 0.110. The van der Waals surface area contributed by atoms with Crippen molar-refractivity contribution in [2.24, 2.45) is 0 Å². The number of carbonyl (C=O) groups excluding carboxylic acids is 3. The van der Waals surface area contributed by atoms with Crippen LogP contribution in [0.2, 0.25) is 5.02 Å². The number of ether oxygens (including phenoxy) is 3. The molecule has 4 N–H and O–H groups in total. The Balaban J connectivity index is 1.38. The number of alkyl carbamates (subject to hydrolysis) is 2. The highest BCUT2D eigenvalue weighted by atomic mass is 35.5. The Bertz CT molecular complexity index is 2450. The van der Waals surface area contributed by atoms with Crippen molar-refractivity contribution in [3.05, 3.63) is 75.8 Å². The van der Waals surface area contributed by atoms with Gasteiger partial charge in [0.15, 0.2) is 5.54 Å². The Morgan fingerprint density at radius 2 is 1.49 bits per heavy atom. The van der Waals surface area contributed by atoms with Crippen LogP contribution in [-0.2, 0) is 24.8 Å². The molecule has 4 aromatic rings. The van der Waals surface area contributed by atoms with E-state index in [0.717, 1.165) is 29.1 Å². The fourth-order valence-electron chi connectivity index (χ4n) is 6.60. The lowest BCUT2D eigenvalue weighted by Gasteiger charge is -2.34. The Morgan fingerprint density at radius 3 is 2.08 bits per heavy atom. The number of nitriles is 2. The average molecular weight is 946 g/mol. The van der Waals surface area contributed by atoms with Gasteiger partial charge in [0.1, 0.15) is 62.7 Å². The van der Waals surface area contributed by atoms with Crippen molar-refractivity contribution in [3.63, 3.8) is 0 Å². The molecule has 0 bridgehead atoms.